The number of hydrogen-bond acceptors (Lipinski definition) is 7. The van der Waals surface area contributed by atoms with Crippen molar-refractivity contribution in [2.24, 2.45) is 5.41 Å². The zero-order valence-corrected chi connectivity index (χ0v) is 16.2. The number of aliphatic hydroxyl groups excluding tert-OH is 1. The van der Waals surface area contributed by atoms with Crippen molar-refractivity contribution in [3.8, 4) is 6.07 Å². The molecule has 11 heteroatoms. The van der Waals surface area contributed by atoms with Gasteiger partial charge in [0, 0.05) is 25.1 Å². The Morgan fingerprint density at radius 3 is 2.72 bits per heavy atom. The summed E-state index contributed by atoms with van der Waals surface area (Å²) in [7, 11) is 0. The summed E-state index contributed by atoms with van der Waals surface area (Å²) in [6.07, 6.45) is -2.99. The quantitative estimate of drug-likeness (QED) is 0.670. The predicted molar refractivity (Wildman–Crippen MR) is 101 cm³/mol. The second-order valence-electron chi connectivity index (χ2n) is 7.66. The first-order valence-electron chi connectivity index (χ1n) is 9.09. The fraction of sp³-hybridized carbons (Fsp3) is 0.556. The maximum atomic E-state index is 12.7. The average molecular weight is 411 g/mol. The Bertz CT molecular complexity index is 939. The van der Waals surface area contributed by atoms with Crippen LogP contribution in [0.1, 0.15) is 38.6 Å². The van der Waals surface area contributed by atoms with Crippen molar-refractivity contribution in [2.45, 2.75) is 52.1 Å². The van der Waals surface area contributed by atoms with Crippen molar-refractivity contribution in [3.05, 3.63) is 29.2 Å². The van der Waals surface area contributed by atoms with Crippen LogP contribution in [0, 0.1) is 23.7 Å². The van der Waals surface area contributed by atoms with Gasteiger partial charge in [-0.2, -0.15) is 28.5 Å². The van der Waals surface area contributed by atoms with E-state index >= 15 is 0 Å². The molecule has 1 aliphatic rings. The minimum atomic E-state index is -4.48. The van der Waals surface area contributed by atoms with E-state index in [-0.39, 0.29) is 37.5 Å². The molecule has 0 amide bonds. The van der Waals surface area contributed by atoms with Crippen molar-refractivity contribution in [2.75, 3.05) is 17.2 Å². The van der Waals surface area contributed by atoms with Gasteiger partial charge in [-0.1, -0.05) is 13.8 Å². The molecule has 1 fully saturated rings. The van der Waals surface area contributed by atoms with Crippen LogP contribution < -0.4 is 10.6 Å². The highest BCUT2D eigenvalue weighted by Crippen LogP contribution is 2.42. The van der Waals surface area contributed by atoms with Gasteiger partial charge in [0.05, 0.1) is 18.8 Å². The third-order valence-electron chi connectivity index (χ3n) is 5.31. The van der Waals surface area contributed by atoms with E-state index in [1.54, 1.807) is 6.92 Å². The maximum absolute atomic E-state index is 12.7. The zero-order chi connectivity index (χ0) is 21.4. The molecule has 158 valence electrons. The number of anilines is 2. The Morgan fingerprint density at radius 2 is 2.17 bits per heavy atom. The highest BCUT2D eigenvalue weighted by Gasteiger charge is 2.47. The molecule has 1 unspecified atom stereocenters. The van der Waals surface area contributed by atoms with Crippen molar-refractivity contribution in [1.82, 2.24) is 19.7 Å². The molecule has 0 bridgehead atoms. The Balaban J connectivity index is 0.00000320. The average Bonchev–Trinajstić information content (AvgIpc) is 3.03. The Kier molecular flexibility index (Phi) is 5.40. The monoisotopic (exact) mass is 411 g/mol. The minimum Gasteiger partial charge on any atom is -0.392 e. The Hall–Kier alpha value is -2.87. The lowest BCUT2D eigenvalue weighted by molar-refractivity contribution is -0.141. The molecule has 2 heterocycles. The van der Waals surface area contributed by atoms with Gasteiger partial charge in [0.15, 0.2) is 5.69 Å². The third kappa shape index (κ3) is 4.27. The fourth-order valence-electron chi connectivity index (χ4n) is 3.12. The van der Waals surface area contributed by atoms with Crippen LogP contribution in [0.2, 0.25) is 0 Å². The number of aromatic nitrogens is 4. The van der Waals surface area contributed by atoms with E-state index in [1.807, 2.05) is 19.9 Å². The van der Waals surface area contributed by atoms with Gasteiger partial charge >= 0.3 is 6.18 Å². The second-order valence-corrected chi connectivity index (χ2v) is 7.66. The first-order valence-corrected chi connectivity index (χ1v) is 9.09. The van der Waals surface area contributed by atoms with E-state index < -0.39 is 18.0 Å². The molecule has 3 N–H and O–H groups in total. The molecule has 0 aromatic carbocycles. The van der Waals surface area contributed by atoms with Crippen LogP contribution >= 0.6 is 0 Å². The van der Waals surface area contributed by atoms with Gasteiger partial charge in [0.1, 0.15) is 17.5 Å². The van der Waals surface area contributed by atoms with Crippen LogP contribution in [0.4, 0.5) is 24.9 Å². The number of aryl methyl sites for hydroxylation is 1. The van der Waals surface area contributed by atoms with Gasteiger partial charge in [-0.3, -0.25) is 4.68 Å². The first-order chi connectivity index (χ1) is 13.5. The molecule has 3 rings (SSSR count). The van der Waals surface area contributed by atoms with Crippen LogP contribution in [0.5, 0.6) is 0 Å². The van der Waals surface area contributed by atoms with Crippen LogP contribution in [0.3, 0.4) is 0 Å². The first kappa shape index (κ1) is 20.9. The van der Waals surface area contributed by atoms with E-state index in [9.17, 15) is 23.5 Å². The molecule has 0 saturated heterocycles. The standard InChI is InChI=1S/C18H22F3N7O.H2/c1-10-6-13(18(19,20)21)27-28(10)5-4-23-16-24-9-11(8-22)15(26-16)25-12-7-14(29)17(12,2)3;/h6,9,12,14,29H,4-5,7H2,1-3H3,(H2,23,24,25,26);1H/t12?,14-;/m0./s1. The summed E-state index contributed by atoms with van der Waals surface area (Å²) in [5.74, 6) is 0.592. The largest absolute Gasteiger partial charge is 0.435 e. The van der Waals surface area contributed by atoms with Crippen LogP contribution in [0.15, 0.2) is 12.3 Å². The molecular formula is C18H24F3N7O. The molecule has 2 atom stereocenters. The van der Waals surface area contributed by atoms with E-state index in [4.69, 9.17) is 0 Å². The van der Waals surface area contributed by atoms with Gasteiger partial charge in [-0.25, -0.2) is 4.98 Å². The molecule has 0 spiro atoms. The highest BCUT2D eigenvalue weighted by molar-refractivity contribution is 5.54. The van der Waals surface area contributed by atoms with E-state index in [2.05, 4.69) is 25.7 Å². The van der Waals surface area contributed by atoms with Crippen molar-refractivity contribution >= 4 is 11.8 Å². The number of rotatable bonds is 6. The lowest BCUT2D eigenvalue weighted by Crippen LogP contribution is -2.57. The fourth-order valence-corrected chi connectivity index (χ4v) is 3.12. The normalized spacial score (nSPS) is 20.6. The number of aliphatic hydroxyl groups is 1. The number of alkyl halides is 3. The predicted octanol–water partition coefficient (Wildman–Crippen LogP) is 2.80. The summed E-state index contributed by atoms with van der Waals surface area (Å²) in [6, 6.07) is 2.98. The van der Waals surface area contributed by atoms with Gasteiger partial charge in [0.2, 0.25) is 5.95 Å². The highest BCUT2D eigenvalue weighted by atomic mass is 19.4. The summed E-state index contributed by atoms with van der Waals surface area (Å²) in [5.41, 5.74) is -0.612. The molecule has 0 radical (unpaired) electrons. The summed E-state index contributed by atoms with van der Waals surface area (Å²) in [6.45, 7) is 5.84. The number of halogens is 3. The minimum absolute atomic E-state index is 0. The summed E-state index contributed by atoms with van der Waals surface area (Å²) in [4.78, 5) is 8.37. The Morgan fingerprint density at radius 1 is 1.45 bits per heavy atom. The topological polar surface area (TPSA) is 112 Å². The van der Waals surface area contributed by atoms with Gasteiger partial charge in [0.25, 0.3) is 0 Å². The van der Waals surface area contributed by atoms with Gasteiger partial charge < -0.3 is 15.7 Å². The lowest BCUT2D eigenvalue weighted by Gasteiger charge is -2.49. The second kappa shape index (κ2) is 7.51. The summed E-state index contributed by atoms with van der Waals surface area (Å²) >= 11 is 0. The molecule has 1 saturated carbocycles. The van der Waals surface area contributed by atoms with Crippen molar-refractivity contribution < 1.29 is 19.7 Å². The van der Waals surface area contributed by atoms with Gasteiger partial charge in [-0.05, 0) is 19.4 Å². The van der Waals surface area contributed by atoms with Gasteiger partial charge in [-0.15, -0.1) is 0 Å². The maximum Gasteiger partial charge on any atom is 0.435 e. The number of nitriles is 1. The summed E-state index contributed by atoms with van der Waals surface area (Å²) in [5, 5.41) is 28.8. The van der Waals surface area contributed by atoms with Crippen molar-refractivity contribution in [3.63, 3.8) is 0 Å². The molecule has 8 nitrogen and oxygen atoms in total. The number of nitrogens with zero attached hydrogens (tertiary/aromatic N) is 5. The Labute approximate surface area is 167 Å². The van der Waals surface area contributed by atoms with Crippen molar-refractivity contribution in [1.29, 1.82) is 5.26 Å². The van der Waals surface area contributed by atoms with E-state index in [0.717, 1.165) is 6.07 Å². The lowest BCUT2D eigenvalue weighted by atomic mass is 9.64. The molecule has 29 heavy (non-hydrogen) atoms. The molecule has 0 aliphatic heterocycles. The summed E-state index contributed by atoms with van der Waals surface area (Å²) < 4.78 is 39.5. The van der Waals surface area contributed by atoms with E-state index in [1.165, 1.54) is 10.9 Å². The van der Waals surface area contributed by atoms with Crippen LogP contribution in [0.25, 0.3) is 0 Å². The number of nitrogens with one attached hydrogen (secondary N) is 2. The van der Waals surface area contributed by atoms with Crippen LogP contribution in [-0.2, 0) is 12.7 Å². The third-order valence-corrected chi connectivity index (χ3v) is 5.31. The molecule has 2 aromatic rings. The molecular weight excluding hydrogens is 387 g/mol. The zero-order valence-electron chi connectivity index (χ0n) is 16.2. The SMILES string of the molecule is Cc1cc(C(F)(F)F)nn1CCNc1ncc(C#N)c(NC2C[C@H](O)C2(C)C)n1.[HH]. The number of hydrogen-bond donors (Lipinski definition) is 3. The van der Waals surface area contributed by atoms with E-state index in [0.29, 0.717) is 17.9 Å². The molecule has 2 aromatic heterocycles. The van der Waals surface area contributed by atoms with Crippen LogP contribution in [-0.4, -0.2) is 43.5 Å². The smallest absolute Gasteiger partial charge is 0.392 e. The molecule has 1 aliphatic carbocycles.